The summed E-state index contributed by atoms with van der Waals surface area (Å²) in [5.74, 6) is -0.806. The zero-order valence-corrected chi connectivity index (χ0v) is 14.5. The average molecular weight is 377 g/mol. The summed E-state index contributed by atoms with van der Waals surface area (Å²) in [5, 5.41) is 17.1. The fourth-order valence-electron chi connectivity index (χ4n) is 2.20. The fraction of sp³-hybridized carbons (Fsp3) is 0.214. The normalized spacial score (nSPS) is 10.7. The van der Waals surface area contributed by atoms with Crippen LogP contribution in [0, 0.1) is 0 Å². The van der Waals surface area contributed by atoms with Crippen molar-refractivity contribution in [3.63, 3.8) is 0 Å². The topological polar surface area (TPSA) is 130 Å². The van der Waals surface area contributed by atoms with E-state index in [0.717, 1.165) is 9.25 Å². The molecule has 3 aromatic rings. The number of aromatic nitrogens is 7. The summed E-state index contributed by atoms with van der Waals surface area (Å²) < 4.78 is 3.00. The molecule has 1 N–H and O–H groups in total. The lowest BCUT2D eigenvalue weighted by Crippen LogP contribution is -2.44. The first-order chi connectivity index (χ1) is 12.4. The van der Waals surface area contributed by atoms with Gasteiger partial charge in [0.2, 0.25) is 11.6 Å². The average Bonchev–Trinajstić information content (AvgIpc) is 3.01. The van der Waals surface area contributed by atoms with E-state index in [4.69, 9.17) is 11.6 Å². The molecule has 2 heterocycles. The number of nitrogens with one attached hydrogen (secondary N) is 1. The van der Waals surface area contributed by atoms with E-state index in [0.29, 0.717) is 10.6 Å². The molecule has 0 radical (unpaired) electrons. The molecule has 26 heavy (non-hydrogen) atoms. The summed E-state index contributed by atoms with van der Waals surface area (Å²) in [6.07, 6.45) is 0. The maximum atomic E-state index is 12.6. The Balaban J connectivity index is 2.03. The summed E-state index contributed by atoms with van der Waals surface area (Å²) in [7, 11) is 2.85. The predicted octanol–water partition coefficient (Wildman–Crippen LogP) is -0.580. The van der Waals surface area contributed by atoms with E-state index in [2.05, 4.69) is 25.9 Å². The van der Waals surface area contributed by atoms with Crippen LogP contribution in [0.1, 0.15) is 16.1 Å². The molecule has 0 saturated heterocycles. The van der Waals surface area contributed by atoms with Gasteiger partial charge in [0.1, 0.15) is 0 Å². The molecule has 11 nitrogen and oxygen atoms in total. The molecule has 0 fully saturated rings. The van der Waals surface area contributed by atoms with Gasteiger partial charge in [-0.25, -0.2) is 14.2 Å². The first-order valence-electron chi connectivity index (χ1n) is 7.33. The van der Waals surface area contributed by atoms with Gasteiger partial charge in [0.15, 0.2) is 0 Å². The maximum absolute atomic E-state index is 12.6. The number of carbonyl (C=O) groups excluding carboxylic acids is 1. The second-order valence-electron chi connectivity index (χ2n) is 5.32. The molecular weight excluding hydrogens is 364 g/mol. The molecular formula is C14H13ClN8O3. The first-order valence-corrected chi connectivity index (χ1v) is 7.71. The van der Waals surface area contributed by atoms with Crippen LogP contribution in [0.15, 0.2) is 33.9 Å². The Kier molecular flexibility index (Phi) is 4.63. The zero-order valence-electron chi connectivity index (χ0n) is 13.7. The molecule has 134 valence electrons. The van der Waals surface area contributed by atoms with Gasteiger partial charge in [0.25, 0.3) is 11.5 Å². The molecule has 12 heteroatoms. The zero-order chi connectivity index (χ0) is 18.8. The van der Waals surface area contributed by atoms with Crippen molar-refractivity contribution in [1.82, 2.24) is 34.6 Å². The Bertz CT molecular complexity index is 1100. The minimum absolute atomic E-state index is 0.0303. The first kappa shape index (κ1) is 17.5. The van der Waals surface area contributed by atoms with Crippen LogP contribution in [0.5, 0.6) is 0 Å². The molecule has 0 saturated carbocycles. The second-order valence-corrected chi connectivity index (χ2v) is 5.72. The lowest BCUT2D eigenvalue weighted by atomic mass is 10.2. The predicted molar refractivity (Wildman–Crippen MR) is 91.0 cm³/mol. The van der Waals surface area contributed by atoms with E-state index in [1.807, 2.05) is 0 Å². The molecule has 0 atom stereocenters. The van der Waals surface area contributed by atoms with Gasteiger partial charge in [-0.3, -0.25) is 19.5 Å². The van der Waals surface area contributed by atoms with Gasteiger partial charge in [-0.1, -0.05) is 34.9 Å². The van der Waals surface area contributed by atoms with Crippen molar-refractivity contribution in [3.8, 4) is 0 Å². The molecule has 1 amide bonds. The van der Waals surface area contributed by atoms with Crippen LogP contribution in [0.25, 0.3) is 0 Å². The Morgan fingerprint density at radius 1 is 1.19 bits per heavy atom. The maximum Gasteiger partial charge on any atom is 0.347 e. The van der Waals surface area contributed by atoms with Crippen LogP contribution in [0.3, 0.4) is 0 Å². The van der Waals surface area contributed by atoms with E-state index in [1.165, 1.54) is 18.8 Å². The number of anilines is 1. The number of benzene rings is 1. The number of halogens is 1. The molecule has 3 rings (SSSR count). The quantitative estimate of drug-likeness (QED) is 0.644. The van der Waals surface area contributed by atoms with Crippen LogP contribution in [-0.4, -0.2) is 40.5 Å². The fourth-order valence-corrected chi connectivity index (χ4v) is 2.40. The van der Waals surface area contributed by atoms with Crippen molar-refractivity contribution in [2.75, 3.05) is 5.32 Å². The Morgan fingerprint density at radius 2 is 1.92 bits per heavy atom. The third-order valence-electron chi connectivity index (χ3n) is 3.55. The highest BCUT2D eigenvalue weighted by Crippen LogP contribution is 2.14. The summed E-state index contributed by atoms with van der Waals surface area (Å²) in [6.45, 7) is -0.0977. The van der Waals surface area contributed by atoms with Gasteiger partial charge in [-0.05, 0) is 22.1 Å². The van der Waals surface area contributed by atoms with Crippen LogP contribution in [0.2, 0.25) is 5.02 Å². The van der Waals surface area contributed by atoms with Crippen molar-refractivity contribution in [2.24, 2.45) is 14.1 Å². The van der Waals surface area contributed by atoms with Crippen LogP contribution in [-0.2, 0) is 20.6 Å². The molecule has 0 unspecified atom stereocenters. The number of tetrazole rings is 1. The van der Waals surface area contributed by atoms with E-state index >= 15 is 0 Å². The second kappa shape index (κ2) is 6.88. The largest absolute Gasteiger partial charge is 0.347 e. The van der Waals surface area contributed by atoms with Gasteiger partial charge in [0, 0.05) is 19.1 Å². The molecule has 0 bridgehead atoms. The van der Waals surface area contributed by atoms with Crippen molar-refractivity contribution < 1.29 is 4.79 Å². The highest BCUT2D eigenvalue weighted by molar-refractivity contribution is 6.31. The minimum atomic E-state index is -0.847. The van der Waals surface area contributed by atoms with E-state index in [9.17, 15) is 14.4 Å². The molecule has 0 aliphatic carbocycles. The molecule has 0 aliphatic heterocycles. The lowest BCUT2D eigenvalue weighted by Gasteiger charge is -2.10. The highest BCUT2D eigenvalue weighted by atomic mass is 35.5. The van der Waals surface area contributed by atoms with E-state index in [1.54, 1.807) is 24.3 Å². The Hall–Kier alpha value is -3.34. The van der Waals surface area contributed by atoms with E-state index < -0.39 is 22.9 Å². The third-order valence-corrected chi connectivity index (χ3v) is 3.92. The van der Waals surface area contributed by atoms with Gasteiger partial charge >= 0.3 is 5.69 Å². The Morgan fingerprint density at radius 3 is 2.58 bits per heavy atom. The number of carbonyl (C=O) groups is 1. The number of rotatable bonds is 4. The molecule has 0 aliphatic rings. The van der Waals surface area contributed by atoms with Crippen LogP contribution in [0.4, 0.5) is 5.95 Å². The van der Waals surface area contributed by atoms with Crippen molar-refractivity contribution in [2.45, 2.75) is 6.54 Å². The number of nitrogens with zero attached hydrogens (tertiary/aromatic N) is 7. The standard InChI is InChI=1S/C14H13ClN8O3/c1-21-13(17-19-20-21)16-11(24)10-12(25)23(14(26)22(2)18-10)7-8-5-3-4-6-9(8)15/h3-6H,7H2,1-2H3,(H,16,17,20,24). The molecule has 0 spiro atoms. The number of hydrogen-bond donors (Lipinski definition) is 1. The van der Waals surface area contributed by atoms with Crippen LogP contribution < -0.4 is 16.6 Å². The number of amides is 1. The third kappa shape index (κ3) is 3.24. The van der Waals surface area contributed by atoms with Gasteiger partial charge < -0.3 is 0 Å². The summed E-state index contributed by atoms with van der Waals surface area (Å²) >= 11 is 6.09. The van der Waals surface area contributed by atoms with Crippen molar-refractivity contribution in [3.05, 3.63) is 61.4 Å². The van der Waals surface area contributed by atoms with Crippen LogP contribution >= 0.6 is 11.6 Å². The molecule has 2 aromatic heterocycles. The minimum Gasteiger partial charge on any atom is -0.288 e. The van der Waals surface area contributed by atoms with Gasteiger partial charge in [0.05, 0.1) is 6.54 Å². The summed E-state index contributed by atoms with van der Waals surface area (Å²) in [4.78, 5) is 37.3. The van der Waals surface area contributed by atoms with E-state index in [-0.39, 0.29) is 12.5 Å². The van der Waals surface area contributed by atoms with Gasteiger partial charge in [-0.2, -0.15) is 5.10 Å². The van der Waals surface area contributed by atoms with Crippen molar-refractivity contribution >= 4 is 23.5 Å². The summed E-state index contributed by atoms with van der Waals surface area (Å²) in [5.41, 5.74) is -1.43. The summed E-state index contributed by atoms with van der Waals surface area (Å²) in [6, 6.07) is 6.78. The number of aryl methyl sites for hydroxylation is 2. The number of hydrogen-bond acceptors (Lipinski definition) is 7. The Labute approximate surface area is 150 Å². The monoisotopic (exact) mass is 376 g/mol. The highest BCUT2D eigenvalue weighted by Gasteiger charge is 2.20. The SMILES string of the molecule is Cn1nnnc1NC(=O)c1nn(C)c(=O)n(Cc2ccccc2Cl)c1=O. The smallest absolute Gasteiger partial charge is 0.288 e. The molecule has 1 aromatic carbocycles. The van der Waals surface area contributed by atoms with Gasteiger partial charge in [-0.15, -0.1) is 0 Å². The van der Waals surface area contributed by atoms with Crippen molar-refractivity contribution in [1.29, 1.82) is 0 Å². The lowest BCUT2D eigenvalue weighted by molar-refractivity contribution is 0.101.